The first kappa shape index (κ1) is 14.1. The van der Waals surface area contributed by atoms with E-state index >= 15 is 0 Å². The third kappa shape index (κ3) is 2.82. The van der Waals surface area contributed by atoms with Gasteiger partial charge in [-0.1, -0.05) is 19.9 Å². The number of ketones is 1. The van der Waals surface area contributed by atoms with E-state index in [1.54, 1.807) is 31.4 Å². The highest BCUT2D eigenvalue weighted by Gasteiger charge is 2.16. The van der Waals surface area contributed by atoms with Crippen molar-refractivity contribution in [3.8, 4) is 5.75 Å². The number of nitrogen functional groups attached to an aromatic ring is 1. The van der Waals surface area contributed by atoms with E-state index in [1.807, 2.05) is 18.2 Å². The van der Waals surface area contributed by atoms with Gasteiger partial charge in [0.2, 0.25) is 0 Å². The Morgan fingerprint density at radius 1 is 1.10 bits per heavy atom. The molecule has 0 saturated carbocycles. The lowest BCUT2D eigenvalue weighted by molar-refractivity contribution is 0.103. The van der Waals surface area contributed by atoms with Crippen molar-refractivity contribution < 1.29 is 9.53 Å². The van der Waals surface area contributed by atoms with E-state index in [1.165, 1.54) is 0 Å². The summed E-state index contributed by atoms with van der Waals surface area (Å²) in [5, 5.41) is 0. The van der Waals surface area contributed by atoms with Crippen molar-refractivity contribution >= 4 is 11.5 Å². The summed E-state index contributed by atoms with van der Waals surface area (Å²) in [5.74, 6) is 0.902. The van der Waals surface area contributed by atoms with Gasteiger partial charge in [0.05, 0.1) is 12.7 Å². The average molecular weight is 269 g/mol. The summed E-state index contributed by atoms with van der Waals surface area (Å²) in [6.07, 6.45) is 0. The quantitative estimate of drug-likeness (QED) is 0.681. The molecule has 0 spiro atoms. The van der Waals surface area contributed by atoms with Crippen LogP contribution in [0.25, 0.3) is 0 Å². The van der Waals surface area contributed by atoms with Gasteiger partial charge in [0.15, 0.2) is 5.78 Å². The highest BCUT2D eigenvalue weighted by Crippen LogP contribution is 2.26. The Bertz CT molecular complexity index is 615. The molecular formula is C17H19NO2. The van der Waals surface area contributed by atoms with Crippen LogP contribution in [0.5, 0.6) is 5.75 Å². The number of anilines is 1. The molecule has 0 aliphatic carbocycles. The standard InChI is InChI=1S/C17H19NO2/c1-11(2)13-6-9-16(20-3)15(10-13)17(19)12-4-7-14(18)8-5-12/h4-11H,18H2,1-3H3. The molecule has 2 aromatic rings. The van der Waals surface area contributed by atoms with Gasteiger partial charge in [-0.15, -0.1) is 0 Å². The van der Waals surface area contributed by atoms with Crippen molar-refractivity contribution in [2.24, 2.45) is 0 Å². The predicted molar refractivity (Wildman–Crippen MR) is 81.4 cm³/mol. The molecule has 2 aromatic carbocycles. The van der Waals surface area contributed by atoms with Gasteiger partial charge in [0.1, 0.15) is 5.75 Å². The Morgan fingerprint density at radius 3 is 2.30 bits per heavy atom. The number of carbonyl (C=O) groups is 1. The van der Waals surface area contributed by atoms with Crippen LogP contribution in [0.15, 0.2) is 42.5 Å². The molecule has 0 heterocycles. The van der Waals surface area contributed by atoms with Crippen molar-refractivity contribution in [1.82, 2.24) is 0 Å². The average Bonchev–Trinajstić information content (AvgIpc) is 2.46. The SMILES string of the molecule is COc1ccc(C(C)C)cc1C(=O)c1ccc(N)cc1. The Kier molecular flexibility index (Phi) is 4.08. The third-order valence-corrected chi connectivity index (χ3v) is 3.31. The van der Waals surface area contributed by atoms with Gasteiger partial charge < -0.3 is 10.5 Å². The maximum atomic E-state index is 12.6. The zero-order chi connectivity index (χ0) is 14.7. The maximum absolute atomic E-state index is 12.6. The Labute approximate surface area is 119 Å². The molecule has 0 atom stereocenters. The smallest absolute Gasteiger partial charge is 0.196 e. The second-order valence-corrected chi connectivity index (χ2v) is 5.07. The number of hydrogen-bond donors (Lipinski definition) is 1. The molecule has 3 heteroatoms. The molecule has 0 saturated heterocycles. The molecule has 104 valence electrons. The molecule has 0 aromatic heterocycles. The van der Waals surface area contributed by atoms with Crippen molar-refractivity contribution in [3.63, 3.8) is 0 Å². The number of nitrogens with two attached hydrogens (primary N) is 1. The van der Waals surface area contributed by atoms with Gasteiger partial charge in [-0.25, -0.2) is 0 Å². The fourth-order valence-electron chi connectivity index (χ4n) is 2.05. The van der Waals surface area contributed by atoms with Crippen LogP contribution in [0.2, 0.25) is 0 Å². The fraction of sp³-hybridized carbons (Fsp3) is 0.235. The summed E-state index contributed by atoms with van der Waals surface area (Å²) in [4.78, 5) is 12.6. The summed E-state index contributed by atoms with van der Waals surface area (Å²) in [6.45, 7) is 4.19. The largest absolute Gasteiger partial charge is 0.496 e. The molecule has 2 N–H and O–H groups in total. The van der Waals surface area contributed by atoms with Crippen molar-refractivity contribution in [3.05, 3.63) is 59.2 Å². The fourth-order valence-corrected chi connectivity index (χ4v) is 2.05. The minimum atomic E-state index is -0.0515. The topological polar surface area (TPSA) is 52.3 Å². The predicted octanol–water partition coefficient (Wildman–Crippen LogP) is 3.63. The monoisotopic (exact) mass is 269 g/mol. The number of hydrogen-bond acceptors (Lipinski definition) is 3. The minimum Gasteiger partial charge on any atom is -0.496 e. The van der Waals surface area contributed by atoms with Crippen LogP contribution in [0.4, 0.5) is 5.69 Å². The number of benzene rings is 2. The zero-order valence-corrected chi connectivity index (χ0v) is 12.0. The third-order valence-electron chi connectivity index (χ3n) is 3.31. The molecule has 0 fully saturated rings. The Balaban J connectivity index is 2.46. The molecule has 0 aliphatic rings. The molecule has 0 amide bonds. The summed E-state index contributed by atoms with van der Waals surface area (Å²) in [7, 11) is 1.57. The van der Waals surface area contributed by atoms with Gasteiger partial charge in [-0.3, -0.25) is 4.79 Å². The van der Waals surface area contributed by atoms with Crippen LogP contribution >= 0.6 is 0 Å². The molecule has 0 radical (unpaired) electrons. The van der Waals surface area contributed by atoms with Crippen molar-refractivity contribution in [2.75, 3.05) is 12.8 Å². The Hall–Kier alpha value is -2.29. The van der Waals surface area contributed by atoms with Crippen LogP contribution in [-0.2, 0) is 0 Å². The van der Waals surface area contributed by atoms with Crippen molar-refractivity contribution in [1.29, 1.82) is 0 Å². The van der Waals surface area contributed by atoms with Crippen molar-refractivity contribution in [2.45, 2.75) is 19.8 Å². The highest BCUT2D eigenvalue weighted by atomic mass is 16.5. The van der Waals surface area contributed by atoms with E-state index in [0.717, 1.165) is 5.56 Å². The molecule has 3 nitrogen and oxygen atoms in total. The lowest BCUT2D eigenvalue weighted by Gasteiger charge is -2.12. The van der Waals surface area contributed by atoms with E-state index < -0.39 is 0 Å². The van der Waals surface area contributed by atoms with Crippen LogP contribution in [-0.4, -0.2) is 12.9 Å². The van der Waals surface area contributed by atoms with Gasteiger partial charge >= 0.3 is 0 Å². The van der Waals surface area contributed by atoms with E-state index in [0.29, 0.717) is 28.5 Å². The van der Waals surface area contributed by atoms with Crippen LogP contribution < -0.4 is 10.5 Å². The maximum Gasteiger partial charge on any atom is 0.196 e. The number of rotatable bonds is 4. The molecule has 2 rings (SSSR count). The van der Waals surface area contributed by atoms with Crippen LogP contribution in [0.1, 0.15) is 41.3 Å². The normalized spacial score (nSPS) is 10.6. The van der Waals surface area contributed by atoms with E-state index in [4.69, 9.17) is 10.5 Å². The summed E-state index contributed by atoms with van der Waals surface area (Å²) >= 11 is 0. The van der Waals surface area contributed by atoms with Gasteiger partial charge in [0.25, 0.3) is 0 Å². The summed E-state index contributed by atoms with van der Waals surface area (Å²) in [5.41, 5.74) is 8.60. The number of carbonyl (C=O) groups excluding carboxylic acids is 1. The van der Waals surface area contributed by atoms with Gasteiger partial charge in [-0.05, 0) is 47.9 Å². The summed E-state index contributed by atoms with van der Waals surface area (Å²) < 4.78 is 5.30. The van der Waals surface area contributed by atoms with Gasteiger partial charge in [-0.2, -0.15) is 0 Å². The van der Waals surface area contributed by atoms with E-state index in [2.05, 4.69) is 13.8 Å². The second kappa shape index (κ2) is 5.78. The molecule has 0 unspecified atom stereocenters. The first-order valence-electron chi connectivity index (χ1n) is 6.61. The zero-order valence-electron chi connectivity index (χ0n) is 12.0. The number of ether oxygens (including phenoxy) is 1. The minimum absolute atomic E-state index is 0.0515. The lowest BCUT2D eigenvalue weighted by Crippen LogP contribution is -2.05. The first-order chi connectivity index (χ1) is 9.52. The van der Waals surface area contributed by atoms with Gasteiger partial charge in [0, 0.05) is 11.3 Å². The Morgan fingerprint density at radius 2 is 1.75 bits per heavy atom. The molecular weight excluding hydrogens is 250 g/mol. The molecule has 0 aliphatic heterocycles. The second-order valence-electron chi connectivity index (χ2n) is 5.07. The van der Waals surface area contributed by atoms with E-state index in [-0.39, 0.29) is 5.78 Å². The number of methoxy groups -OCH3 is 1. The van der Waals surface area contributed by atoms with E-state index in [9.17, 15) is 4.79 Å². The van der Waals surface area contributed by atoms with Crippen LogP contribution in [0, 0.1) is 0 Å². The molecule has 20 heavy (non-hydrogen) atoms. The molecule has 0 bridgehead atoms. The summed E-state index contributed by atoms with van der Waals surface area (Å²) in [6, 6.07) is 12.7. The lowest BCUT2D eigenvalue weighted by atomic mass is 9.96. The highest BCUT2D eigenvalue weighted by molar-refractivity contribution is 6.11. The van der Waals surface area contributed by atoms with Crippen LogP contribution in [0.3, 0.4) is 0 Å². The first-order valence-corrected chi connectivity index (χ1v) is 6.61.